The molecule has 0 spiro atoms. The molecule has 1 atom stereocenters. The van der Waals surface area contributed by atoms with Gasteiger partial charge in [-0.25, -0.2) is 0 Å². The molecule has 0 aromatic heterocycles. The van der Waals surface area contributed by atoms with Crippen LogP contribution < -0.4 is 0 Å². The molecule has 0 aromatic rings. The van der Waals surface area contributed by atoms with Crippen molar-refractivity contribution in [2.24, 2.45) is 5.92 Å². The molecule has 0 amide bonds. The van der Waals surface area contributed by atoms with E-state index in [2.05, 4.69) is 20.8 Å². The molecule has 0 bridgehead atoms. The van der Waals surface area contributed by atoms with Crippen LogP contribution in [0, 0.1) is 5.92 Å². The average Bonchev–Trinajstić information content (AvgIpc) is 2.87. The normalized spacial score (nSPS) is 12.4. The van der Waals surface area contributed by atoms with Crippen LogP contribution >= 0.6 is 0 Å². The first kappa shape index (κ1) is 35.0. The third-order valence-corrected chi connectivity index (χ3v) is 8.35. The van der Waals surface area contributed by atoms with Gasteiger partial charge in [0.25, 0.3) is 0 Å². The van der Waals surface area contributed by atoms with Gasteiger partial charge in [0.15, 0.2) is 0 Å². The molecule has 212 valence electrons. The lowest BCUT2D eigenvalue weighted by Crippen LogP contribution is -1.94. The van der Waals surface area contributed by atoms with Gasteiger partial charge in [-0.15, -0.1) is 0 Å². The maximum atomic E-state index is 2.45. The molecule has 0 rings (SSSR count). The van der Waals surface area contributed by atoms with Crippen LogP contribution in [0.25, 0.3) is 0 Å². The largest absolute Gasteiger partial charge is 0.0654 e. The van der Waals surface area contributed by atoms with E-state index in [9.17, 15) is 0 Å². The standard InChI is InChI=1S/C35H72/c1-4-6-8-9-10-11-12-13-14-15-16-17-18-19-20-21-22-23-24-25-26-27-28-29-30-31-32-34-35(3)33-7-5-2/h35H,4-34H2,1-3H3/t35-/m1/s1. The summed E-state index contributed by atoms with van der Waals surface area (Å²) in [5, 5.41) is 0. The maximum Gasteiger partial charge on any atom is -0.0443 e. The van der Waals surface area contributed by atoms with Gasteiger partial charge in [0.1, 0.15) is 0 Å². The zero-order valence-electron chi connectivity index (χ0n) is 25.5. The summed E-state index contributed by atoms with van der Waals surface area (Å²) in [4.78, 5) is 0. The van der Waals surface area contributed by atoms with Crippen molar-refractivity contribution in [1.29, 1.82) is 0 Å². The molecule has 0 aromatic carbocycles. The van der Waals surface area contributed by atoms with Gasteiger partial charge in [-0.1, -0.05) is 220 Å². The lowest BCUT2D eigenvalue weighted by molar-refractivity contribution is 0.440. The summed E-state index contributed by atoms with van der Waals surface area (Å²) in [5.41, 5.74) is 0. The number of hydrogen-bond acceptors (Lipinski definition) is 0. The predicted molar refractivity (Wildman–Crippen MR) is 164 cm³/mol. The van der Waals surface area contributed by atoms with Crippen LogP contribution in [0.4, 0.5) is 0 Å². The van der Waals surface area contributed by atoms with E-state index in [0.717, 1.165) is 5.92 Å². The van der Waals surface area contributed by atoms with Gasteiger partial charge < -0.3 is 0 Å². The highest BCUT2D eigenvalue weighted by Crippen LogP contribution is 2.18. The minimum absolute atomic E-state index is 0.967. The molecule has 0 saturated carbocycles. The Kier molecular flexibility index (Phi) is 32.0. The second-order valence-corrected chi connectivity index (χ2v) is 12.2. The van der Waals surface area contributed by atoms with E-state index >= 15 is 0 Å². The number of unbranched alkanes of at least 4 members (excludes halogenated alkanes) is 27. The smallest absolute Gasteiger partial charge is 0.0443 e. The molecule has 0 fully saturated rings. The number of hydrogen-bond donors (Lipinski definition) is 0. The van der Waals surface area contributed by atoms with Crippen molar-refractivity contribution in [3.8, 4) is 0 Å². The van der Waals surface area contributed by atoms with E-state index in [1.807, 2.05) is 0 Å². The molecule has 0 aliphatic carbocycles. The van der Waals surface area contributed by atoms with E-state index in [1.165, 1.54) is 199 Å². The zero-order valence-corrected chi connectivity index (χ0v) is 25.5. The Bertz CT molecular complexity index is 346. The van der Waals surface area contributed by atoms with Gasteiger partial charge in [0, 0.05) is 0 Å². The molecule has 0 nitrogen and oxygen atoms in total. The fourth-order valence-electron chi connectivity index (χ4n) is 5.68. The van der Waals surface area contributed by atoms with Crippen LogP contribution in [-0.2, 0) is 0 Å². The molecule has 0 unspecified atom stereocenters. The Labute approximate surface area is 225 Å². The van der Waals surface area contributed by atoms with Crippen LogP contribution in [0.1, 0.15) is 220 Å². The third-order valence-electron chi connectivity index (χ3n) is 8.35. The molecule has 0 heteroatoms. The van der Waals surface area contributed by atoms with Gasteiger partial charge in [-0.05, 0) is 5.92 Å². The van der Waals surface area contributed by atoms with Crippen molar-refractivity contribution >= 4 is 0 Å². The molecular weight excluding hydrogens is 420 g/mol. The molecular formula is C35H72. The van der Waals surface area contributed by atoms with E-state index in [-0.39, 0.29) is 0 Å². The Morgan fingerprint density at radius 3 is 0.714 bits per heavy atom. The van der Waals surface area contributed by atoms with Crippen molar-refractivity contribution in [3.05, 3.63) is 0 Å². The first-order valence-corrected chi connectivity index (χ1v) is 17.3. The quantitative estimate of drug-likeness (QED) is 0.0844. The highest BCUT2D eigenvalue weighted by Gasteiger charge is 2.01. The summed E-state index contributed by atoms with van der Waals surface area (Å²) in [6.45, 7) is 7.08. The summed E-state index contributed by atoms with van der Waals surface area (Å²) >= 11 is 0. The molecule has 0 radical (unpaired) electrons. The van der Waals surface area contributed by atoms with Crippen LogP contribution in [0.3, 0.4) is 0 Å². The van der Waals surface area contributed by atoms with Crippen molar-refractivity contribution in [3.63, 3.8) is 0 Å². The van der Waals surface area contributed by atoms with Crippen molar-refractivity contribution in [1.82, 2.24) is 0 Å². The maximum absolute atomic E-state index is 2.45. The lowest BCUT2D eigenvalue weighted by Gasteiger charge is -2.10. The molecule has 0 heterocycles. The van der Waals surface area contributed by atoms with Gasteiger partial charge in [-0.2, -0.15) is 0 Å². The molecule has 35 heavy (non-hydrogen) atoms. The molecule has 0 N–H and O–H groups in total. The Balaban J connectivity index is 3.04. The van der Waals surface area contributed by atoms with Gasteiger partial charge in [-0.3, -0.25) is 0 Å². The fraction of sp³-hybridized carbons (Fsp3) is 1.00. The van der Waals surface area contributed by atoms with Crippen LogP contribution in [-0.4, -0.2) is 0 Å². The highest BCUT2D eigenvalue weighted by molar-refractivity contribution is 4.55. The Hall–Kier alpha value is 0. The predicted octanol–water partition coefficient (Wildman–Crippen LogP) is 13.8. The number of rotatable bonds is 31. The SMILES string of the molecule is CCCCCCCCCCCCCCCCCCCCCCCCCCCCC[C@H](C)CCCC. The van der Waals surface area contributed by atoms with Crippen LogP contribution in [0.15, 0.2) is 0 Å². The third kappa shape index (κ3) is 32.0. The van der Waals surface area contributed by atoms with Crippen molar-refractivity contribution in [2.45, 2.75) is 220 Å². The zero-order chi connectivity index (χ0) is 25.5. The minimum Gasteiger partial charge on any atom is -0.0654 e. The van der Waals surface area contributed by atoms with Gasteiger partial charge >= 0.3 is 0 Å². The summed E-state index contributed by atoms with van der Waals surface area (Å²) in [5.74, 6) is 0.967. The monoisotopic (exact) mass is 493 g/mol. The minimum atomic E-state index is 0.967. The second kappa shape index (κ2) is 32.0. The summed E-state index contributed by atoms with van der Waals surface area (Å²) in [6, 6.07) is 0. The first-order chi connectivity index (χ1) is 17.3. The van der Waals surface area contributed by atoms with Gasteiger partial charge in [0.2, 0.25) is 0 Å². The van der Waals surface area contributed by atoms with Crippen molar-refractivity contribution < 1.29 is 0 Å². The fourth-order valence-corrected chi connectivity index (χ4v) is 5.68. The molecule has 0 aliphatic rings. The summed E-state index contributed by atoms with van der Waals surface area (Å²) < 4.78 is 0. The first-order valence-electron chi connectivity index (χ1n) is 17.3. The van der Waals surface area contributed by atoms with E-state index in [4.69, 9.17) is 0 Å². The van der Waals surface area contributed by atoms with E-state index in [1.54, 1.807) is 0 Å². The summed E-state index contributed by atoms with van der Waals surface area (Å²) in [6.07, 6.45) is 45.8. The van der Waals surface area contributed by atoms with Crippen molar-refractivity contribution in [2.75, 3.05) is 0 Å². The van der Waals surface area contributed by atoms with Crippen LogP contribution in [0.5, 0.6) is 0 Å². The average molecular weight is 493 g/mol. The Morgan fingerprint density at radius 1 is 0.257 bits per heavy atom. The topological polar surface area (TPSA) is 0 Å². The second-order valence-electron chi connectivity index (χ2n) is 12.2. The lowest BCUT2D eigenvalue weighted by atomic mass is 9.97. The van der Waals surface area contributed by atoms with Crippen LogP contribution in [0.2, 0.25) is 0 Å². The van der Waals surface area contributed by atoms with Gasteiger partial charge in [0.05, 0.1) is 0 Å². The highest BCUT2D eigenvalue weighted by atomic mass is 14.1. The molecule has 0 saturated heterocycles. The van der Waals surface area contributed by atoms with E-state index in [0.29, 0.717) is 0 Å². The molecule has 0 aliphatic heterocycles. The summed E-state index contributed by atoms with van der Waals surface area (Å²) in [7, 11) is 0. The Morgan fingerprint density at radius 2 is 0.457 bits per heavy atom. The van der Waals surface area contributed by atoms with E-state index < -0.39 is 0 Å².